The molecule has 0 saturated carbocycles. The van der Waals surface area contributed by atoms with Crippen molar-refractivity contribution in [3.63, 3.8) is 0 Å². The average Bonchev–Trinajstić information content (AvgIpc) is 2.11. The summed E-state index contributed by atoms with van der Waals surface area (Å²) in [5, 5.41) is 9.16. The van der Waals surface area contributed by atoms with E-state index < -0.39 is 0 Å². The molecule has 0 amide bonds. The van der Waals surface area contributed by atoms with Gasteiger partial charge in [-0.2, -0.15) is 0 Å². The van der Waals surface area contributed by atoms with Crippen LogP contribution in [0.3, 0.4) is 0 Å². The van der Waals surface area contributed by atoms with E-state index in [0.29, 0.717) is 4.47 Å². The van der Waals surface area contributed by atoms with E-state index in [9.17, 15) is 4.39 Å². The van der Waals surface area contributed by atoms with E-state index in [-0.39, 0.29) is 18.5 Å². The average molecular weight is 262 g/mol. The van der Waals surface area contributed by atoms with Crippen molar-refractivity contribution in [1.29, 1.82) is 0 Å². The largest absolute Gasteiger partial charge is 0.394 e. The first-order chi connectivity index (χ1) is 6.56. The second kappa shape index (κ2) is 4.87. The van der Waals surface area contributed by atoms with Gasteiger partial charge in [0.05, 0.1) is 17.1 Å². The number of rotatable bonds is 3. The Bertz CT molecular complexity index is 317. The van der Waals surface area contributed by atoms with E-state index in [1.54, 1.807) is 12.1 Å². The Morgan fingerprint density at radius 1 is 1.50 bits per heavy atom. The lowest BCUT2D eigenvalue weighted by molar-refractivity contribution is 0.170. The molecule has 0 heterocycles. The predicted octanol–water partition coefficient (Wildman–Crippen LogP) is 2.18. The minimum absolute atomic E-state index is 0.0189. The van der Waals surface area contributed by atoms with Crippen LogP contribution in [0.4, 0.5) is 4.39 Å². The topological polar surface area (TPSA) is 23.5 Å². The molecule has 0 fully saturated rings. The van der Waals surface area contributed by atoms with Crippen molar-refractivity contribution in [1.82, 2.24) is 4.90 Å². The van der Waals surface area contributed by atoms with Gasteiger partial charge in [-0.15, -0.1) is 0 Å². The number of nitrogens with zero attached hydrogens (tertiary/aromatic N) is 1. The SMILES string of the molecule is CN(C)C(CO)c1ccc(F)c(Br)c1. The number of likely N-dealkylation sites (N-methyl/N-ethyl adjacent to an activating group) is 1. The van der Waals surface area contributed by atoms with Crippen LogP contribution >= 0.6 is 15.9 Å². The summed E-state index contributed by atoms with van der Waals surface area (Å²) in [6, 6.07) is 4.68. The van der Waals surface area contributed by atoms with Gasteiger partial charge in [0.1, 0.15) is 5.82 Å². The lowest BCUT2D eigenvalue weighted by Gasteiger charge is -2.22. The number of benzene rings is 1. The highest BCUT2D eigenvalue weighted by Crippen LogP contribution is 2.23. The molecule has 4 heteroatoms. The van der Waals surface area contributed by atoms with Gasteiger partial charge in [-0.1, -0.05) is 6.07 Å². The normalized spacial score (nSPS) is 13.3. The summed E-state index contributed by atoms with van der Waals surface area (Å²) in [4.78, 5) is 1.89. The molecular formula is C10H13BrFNO. The van der Waals surface area contributed by atoms with E-state index in [4.69, 9.17) is 5.11 Å². The molecule has 0 aliphatic carbocycles. The van der Waals surface area contributed by atoms with Crippen molar-refractivity contribution < 1.29 is 9.50 Å². The quantitative estimate of drug-likeness (QED) is 0.902. The Morgan fingerprint density at radius 3 is 2.57 bits per heavy atom. The second-order valence-electron chi connectivity index (χ2n) is 3.34. The van der Waals surface area contributed by atoms with Gasteiger partial charge in [-0.05, 0) is 47.7 Å². The smallest absolute Gasteiger partial charge is 0.137 e. The molecule has 78 valence electrons. The van der Waals surface area contributed by atoms with Crippen molar-refractivity contribution in [2.75, 3.05) is 20.7 Å². The fraction of sp³-hybridized carbons (Fsp3) is 0.400. The van der Waals surface area contributed by atoms with Crippen LogP contribution in [0.2, 0.25) is 0 Å². The van der Waals surface area contributed by atoms with Crippen LogP contribution in [0.15, 0.2) is 22.7 Å². The van der Waals surface area contributed by atoms with Gasteiger partial charge in [0, 0.05) is 0 Å². The Hall–Kier alpha value is -0.450. The fourth-order valence-electron chi connectivity index (χ4n) is 1.29. The number of aliphatic hydroxyl groups is 1. The maximum Gasteiger partial charge on any atom is 0.137 e. The fourth-order valence-corrected chi connectivity index (χ4v) is 1.68. The first-order valence-electron chi connectivity index (χ1n) is 4.28. The molecule has 0 aliphatic heterocycles. The number of aliphatic hydroxyl groups excluding tert-OH is 1. The molecule has 0 aliphatic rings. The van der Waals surface area contributed by atoms with Crippen LogP contribution in [0.1, 0.15) is 11.6 Å². The van der Waals surface area contributed by atoms with E-state index in [2.05, 4.69) is 15.9 Å². The summed E-state index contributed by atoms with van der Waals surface area (Å²) < 4.78 is 13.4. The van der Waals surface area contributed by atoms with Gasteiger partial charge in [-0.3, -0.25) is 0 Å². The van der Waals surface area contributed by atoms with E-state index in [1.807, 2.05) is 19.0 Å². The van der Waals surface area contributed by atoms with E-state index >= 15 is 0 Å². The summed E-state index contributed by atoms with van der Waals surface area (Å²) in [7, 11) is 3.75. The number of halogens is 2. The Balaban J connectivity index is 3.00. The van der Waals surface area contributed by atoms with Crippen LogP contribution in [0.25, 0.3) is 0 Å². The van der Waals surface area contributed by atoms with Crippen LogP contribution in [0, 0.1) is 5.82 Å². The van der Waals surface area contributed by atoms with Crippen LogP contribution in [-0.4, -0.2) is 30.7 Å². The Morgan fingerprint density at radius 2 is 2.14 bits per heavy atom. The minimum Gasteiger partial charge on any atom is -0.394 e. The molecule has 0 bridgehead atoms. The molecule has 14 heavy (non-hydrogen) atoms. The van der Waals surface area contributed by atoms with Crippen LogP contribution in [-0.2, 0) is 0 Å². The highest BCUT2D eigenvalue weighted by atomic mass is 79.9. The molecule has 1 aromatic carbocycles. The minimum atomic E-state index is -0.288. The van der Waals surface area contributed by atoms with Gasteiger partial charge in [0.2, 0.25) is 0 Å². The van der Waals surface area contributed by atoms with E-state index in [0.717, 1.165) is 5.56 Å². The second-order valence-corrected chi connectivity index (χ2v) is 4.19. The summed E-state index contributed by atoms with van der Waals surface area (Å²) in [5.74, 6) is -0.288. The zero-order valence-corrected chi connectivity index (χ0v) is 9.75. The molecule has 0 saturated heterocycles. The molecule has 1 N–H and O–H groups in total. The highest BCUT2D eigenvalue weighted by Gasteiger charge is 2.13. The summed E-state index contributed by atoms with van der Waals surface area (Å²) in [6.07, 6.45) is 0. The third kappa shape index (κ3) is 2.53. The first-order valence-corrected chi connectivity index (χ1v) is 5.07. The molecule has 0 radical (unpaired) electrons. The van der Waals surface area contributed by atoms with Crippen molar-refractivity contribution in [3.05, 3.63) is 34.1 Å². The van der Waals surface area contributed by atoms with Crippen molar-refractivity contribution in [3.8, 4) is 0 Å². The maximum atomic E-state index is 12.9. The molecule has 0 aromatic heterocycles. The van der Waals surface area contributed by atoms with Gasteiger partial charge in [0.15, 0.2) is 0 Å². The molecular weight excluding hydrogens is 249 g/mol. The van der Waals surface area contributed by atoms with Gasteiger partial charge < -0.3 is 10.0 Å². The highest BCUT2D eigenvalue weighted by molar-refractivity contribution is 9.10. The molecule has 0 spiro atoms. The van der Waals surface area contributed by atoms with Crippen LogP contribution < -0.4 is 0 Å². The molecule has 1 unspecified atom stereocenters. The number of hydrogen-bond acceptors (Lipinski definition) is 2. The zero-order chi connectivity index (χ0) is 10.7. The van der Waals surface area contributed by atoms with Gasteiger partial charge in [0.25, 0.3) is 0 Å². The monoisotopic (exact) mass is 261 g/mol. The predicted molar refractivity (Wildman–Crippen MR) is 57.6 cm³/mol. The number of hydrogen-bond donors (Lipinski definition) is 1. The summed E-state index contributed by atoms with van der Waals surface area (Å²) >= 11 is 3.12. The molecule has 1 rings (SSSR count). The van der Waals surface area contributed by atoms with Crippen LogP contribution in [0.5, 0.6) is 0 Å². The lowest BCUT2D eigenvalue weighted by atomic mass is 10.1. The van der Waals surface area contributed by atoms with Crippen molar-refractivity contribution in [2.45, 2.75) is 6.04 Å². The van der Waals surface area contributed by atoms with Crippen molar-refractivity contribution >= 4 is 15.9 Å². The van der Waals surface area contributed by atoms with Crippen molar-refractivity contribution in [2.24, 2.45) is 0 Å². The van der Waals surface area contributed by atoms with Gasteiger partial charge >= 0.3 is 0 Å². The zero-order valence-electron chi connectivity index (χ0n) is 8.17. The molecule has 1 atom stereocenters. The first kappa shape index (κ1) is 11.6. The van der Waals surface area contributed by atoms with E-state index in [1.165, 1.54) is 6.07 Å². The third-order valence-electron chi connectivity index (χ3n) is 2.12. The molecule has 2 nitrogen and oxygen atoms in total. The Labute approximate surface area is 91.5 Å². The lowest BCUT2D eigenvalue weighted by Crippen LogP contribution is -2.23. The Kier molecular flexibility index (Phi) is 4.04. The standard InChI is InChI=1S/C10H13BrFNO/c1-13(2)10(6-14)7-3-4-9(12)8(11)5-7/h3-5,10,14H,6H2,1-2H3. The van der Waals surface area contributed by atoms with Gasteiger partial charge in [-0.25, -0.2) is 4.39 Å². The molecule has 1 aromatic rings. The summed E-state index contributed by atoms with van der Waals surface area (Å²) in [5.41, 5.74) is 0.894. The summed E-state index contributed by atoms with van der Waals surface area (Å²) in [6.45, 7) is 0.0189. The maximum absolute atomic E-state index is 12.9. The third-order valence-corrected chi connectivity index (χ3v) is 2.73.